The molecule has 2 aromatic carbocycles. The van der Waals surface area contributed by atoms with E-state index in [1.807, 2.05) is 32.0 Å². The monoisotopic (exact) mass is 360 g/mol. The minimum Gasteiger partial charge on any atom is -0.322 e. The van der Waals surface area contributed by atoms with E-state index in [9.17, 15) is 13.2 Å². The zero-order chi connectivity index (χ0) is 18.8. The number of hydrogen-bond donors (Lipinski definition) is 2. The lowest BCUT2D eigenvalue weighted by molar-refractivity contribution is 0.102. The maximum absolute atomic E-state index is 12.5. The van der Waals surface area contributed by atoms with Crippen LogP contribution in [0.1, 0.15) is 42.3 Å². The summed E-state index contributed by atoms with van der Waals surface area (Å²) >= 11 is 0. The van der Waals surface area contributed by atoms with Gasteiger partial charge in [-0.15, -0.1) is 0 Å². The highest BCUT2D eigenvalue weighted by molar-refractivity contribution is 7.89. The number of rotatable bonds is 4. The van der Waals surface area contributed by atoms with Crippen molar-refractivity contribution in [2.24, 2.45) is 0 Å². The van der Waals surface area contributed by atoms with Crippen LogP contribution in [-0.2, 0) is 10.0 Å². The molecule has 0 fully saturated rings. The number of benzene rings is 2. The van der Waals surface area contributed by atoms with Crippen LogP contribution in [0.5, 0.6) is 0 Å². The second-order valence-electron chi connectivity index (χ2n) is 7.21. The summed E-state index contributed by atoms with van der Waals surface area (Å²) < 4.78 is 27.4. The molecule has 0 radical (unpaired) electrons. The first-order valence-electron chi connectivity index (χ1n) is 8.00. The summed E-state index contributed by atoms with van der Waals surface area (Å²) in [6.07, 6.45) is 0. The third-order valence-corrected chi connectivity index (χ3v) is 5.08. The van der Waals surface area contributed by atoms with E-state index in [-0.39, 0.29) is 16.4 Å². The molecule has 1 amide bonds. The Morgan fingerprint density at radius 2 is 1.56 bits per heavy atom. The van der Waals surface area contributed by atoms with E-state index in [2.05, 4.69) is 10.0 Å². The number of carbonyl (C=O) groups is 1. The van der Waals surface area contributed by atoms with Crippen molar-refractivity contribution in [3.63, 3.8) is 0 Å². The van der Waals surface area contributed by atoms with Gasteiger partial charge in [-0.25, -0.2) is 13.1 Å². The van der Waals surface area contributed by atoms with E-state index >= 15 is 0 Å². The van der Waals surface area contributed by atoms with E-state index in [1.165, 1.54) is 12.1 Å². The van der Waals surface area contributed by atoms with Crippen molar-refractivity contribution in [2.45, 2.75) is 45.1 Å². The van der Waals surface area contributed by atoms with Gasteiger partial charge in [-0.05, 0) is 76.1 Å². The molecule has 0 bridgehead atoms. The second kappa shape index (κ2) is 6.98. The molecule has 0 spiro atoms. The Morgan fingerprint density at radius 3 is 2.12 bits per heavy atom. The normalized spacial score (nSPS) is 12.0. The molecular weight excluding hydrogens is 336 g/mol. The molecule has 2 N–H and O–H groups in total. The highest BCUT2D eigenvalue weighted by Gasteiger charge is 2.22. The molecule has 5 nitrogen and oxygen atoms in total. The molecule has 0 aliphatic rings. The fourth-order valence-corrected chi connectivity index (χ4v) is 3.98. The molecular formula is C19H24N2O3S. The van der Waals surface area contributed by atoms with Gasteiger partial charge in [-0.2, -0.15) is 0 Å². The van der Waals surface area contributed by atoms with Crippen LogP contribution >= 0.6 is 0 Å². The Balaban J connectivity index is 2.27. The fraction of sp³-hybridized carbons (Fsp3) is 0.316. The van der Waals surface area contributed by atoms with Crippen molar-refractivity contribution in [1.29, 1.82) is 0 Å². The van der Waals surface area contributed by atoms with Crippen LogP contribution in [-0.4, -0.2) is 19.9 Å². The number of carbonyl (C=O) groups excluding carboxylic acids is 1. The number of amides is 1. The quantitative estimate of drug-likeness (QED) is 0.874. The van der Waals surface area contributed by atoms with Crippen molar-refractivity contribution in [3.8, 4) is 0 Å². The smallest absolute Gasteiger partial charge is 0.255 e. The summed E-state index contributed by atoms with van der Waals surface area (Å²) in [5.74, 6) is -0.349. The van der Waals surface area contributed by atoms with Crippen LogP contribution in [0.25, 0.3) is 0 Å². The zero-order valence-electron chi connectivity index (χ0n) is 15.2. The molecule has 0 saturated heterocycles. The maximum Gasteiger partial charge on any atom is 0.255 e. The molecule has 0 aliphatic carbocycles. The van der Waals surface area contributed by atoms with Crippen molar-refractivity contribution < 1.29 is 13.2 Å². The number of hydrogen-bond acceptors (Lipinski definition) is 3. The summed E-state index contributed by atoms with van der Waals surface area (Å²) in [6.45, 7) is 9.20. The van der Waals surface area contributed by atoms with Gasteiger partial charge in [0.15, 0.2) is 0 Å². The highest BCUT2D eigenvalue weighted by atomic mass is 32.2. The molecule has 0 aromatic heterocycles. The van der Waals surface area contributed by atoms with Crippen LogP contribution in [0.3, 0.4) is 0 Å². The number of nitrogens with one attached hydrogen (secondary N) is 2. The van der Waals surface area contributed by atoms with Crippen LogP contribution in [0, 0.1) is 13.8 Å². The van der Waals surface area contributed by atoms with E-state index in [0.29, 0.717) is 5.69 Å². The SMILES string of the molecule is Cc1cc(C)cc(NC(=O)c2cccc(S(=O)(=O)NC(C)(C)C)c2)c1. The van der Waals surface area contributed by atoms with E-state index in [0.717, 1.165) is 11.1 Å². The minimum absolute atomic E-state index is 0.0653. The molecule has 134 valence electrons. The third kappa shape index (κ3) is 5.41. The molecule has 2 rings (SSSR count). The van der Waals surface area contributed by atoms with Gasteiger partial charge in [0.25, 0.3) is 5.91 Å². The molecule has 0 unspecified atom stereocenters. The van der Waals surface area contributed by atoms with Crippen LogP contribution in [0.4, 0.5) is 5.69 Å². The van der Waals surface area contributed by atoms with E-state index in [1.54, 1.807) is 32.9 Å². The summed E-state index contributed by atoms with van der Waals surface area (Å²) in [6, 6.07) is 11.8. The van der Waals surface area contributed by atoms with Gasteiger partial charge in [0.2, 0.25) is 10.0 Å². The Morgan fingerprint density at radius 1 is 0.960 bits per heavy atom. The average molecular weight is 360 g/mol. The largest absolute Gasteiger partial charge is 0.322 e. The summed E-state index contributed by atoms with van der Waals surface area (Å²) in [5, 5.41) is 2.81. The van der Waals surface area contributed by atoms with Gasteiger partial charge >= 0.3 is 0 Å². The Kier molecular flexibility index (Phi) is 5.34. The van der Waals surface area contributed by atoms with Crippen molar-refractivity contribution in [1.82, 2.24) is 4.72 Å². The Labute approximate surface area is 149 Å². The fourth-order valence-electron chi connectivity index (χ4n) is 2.52. The topological polar surface area (TPSA) is 75.3 Å². The van der Waals surface area contributed by atoms with E-state index in [4.69, 9.17) is 0 Å². The van der Waals surface area contributed by atoms with Gasteiger partial charge in [0.1, 0.15) is 0 Å². The van der Waals surface area contributed by atoms with Gasteiger partial charge in [-0.1, -0.05) is 12.1 Å². The first-order chi connectivity index (χ1) is 11.5. The molecule has 0 atom stereocenters. The lowest BCUT2D eigenvalue weighted by atomic mass is 10.1. The van der Waals surface area contributed by atoms with Crippen molar-refractivity contribution in [3.05, 3.63) is 59.2 Å². The third-order valence-electron chi connectivity index (χ3n) is 3.33. The Hall–Kier alpha value is -2.18. The predicted octanol–water partition coefficient (Wildman–Crippen LogP) is 3.63. The van der Waals surface area contributed by atoms with Gasteiger partial charge in [0, 0.05) is 16.8 Å². The first-order valence-corrected chi connectivity index (χ1v) is 9.48. The zero-order valence-corrected chi connectivity index (χ0v) is 16.0. The lowest BCUT2D eigenvalue weighted by Crippen LogP contribution is -2.40. The second-order valence-corrected chi connectivity index (χ2v) is 8.90. The number of sulfonamides is 1. The van der Waals surface area contributed by atoms with Gasteiger partial charge < -0.3 is 5.32 Å². The average Bonchev–Trinajstić information content (AvgIpc) is 2.43. The summed E-state index contributed by atoms with van der Waals surface area (Å²) in [7, 11) is -3.69. The van der Waals surface area contributed by atoms with Gasteiger partial charge in [-0.3, -0.25) is 4.79 Å². The van der Waals surface area contributed by atoms with Crippen molar-refractivity contribution in [2.75, 3.05) is 5.32 Å². The molecule has 25 heavy (non-hydrogen) atoms. The van der Waals surface area contributed by atoms with Crippen LogP contribution < -0.4 is 10.0 Å². The number of anilines is 1. The lowest BCUT2D eigenvalue weighted by Gasteiger charge is -2.20. The maximum atomic E-state index is 12.5. The molecule has 2 aromatic rings. The first kappa shape index (κ1) is 19.1. The van der Waals surface area contributed by atoms with Crippen LogP contribution in [0.15, 0.2) is 47.4 Å². The van der Waals surface area contributed by atoms with Gasteiger partial charge in [0.05, 0.1) is 4.90 Å². The standard InChI is InChI=1S/C19H24N2O3S/c1-13-9-14(2)11-16(10-13)20-18(22)15-7-6-8-17(12-15)25(23,24)21-19(3,4)5/h6-12,21H,1-5H3,(H,20,22). The summed E-state index contributed by atoms with van der Waals surface area (Å²) in [5.41, 5.74) is 2.46. The molecule has 0 saturated carbocycles. The highest BCUT2D eigenvalue weighted by Crippen LogP contribution is 2.18. The minimum atomic E-state index is -3.69. The summed E-state index contributed by atoms with van der Waals surface area (Å²) in [4.78, 5) is 12.5. The molecule has 0 heterocycles. The van der Waals surface area contributed by atoms with Crippen LogP contribution in [0.2, 0.25) is 0 Å². The molecule has 0 aliphatic heterocycles. The predicted molar refractivity (Wildman–Crippen MR) is 100 cm³/mol. The van der Waals surface area contributed by atoms with Crippen molar-refractivity contribution >= 4 is 21.6 Å². The number of aryl methyl sites for hydroxylation is 2. The van der Waals surface area contributed by atoms with E-state index < -0.39 is 15.6 Å². The molecule has 6 heteroatoms. The Bertz CT molecular complexity index is 877.